The molecule has 1 atom stereocenters. The van der Waals surface area contributed by atoms with Crippen LogP contribution in [0.2, 0.25) is 5.02 Å². The number of alkyl halides is 3. The minimum absolute atomic E-state index is 0.0840. The number of aromatic nitrogens is 4. The van der Waals surface area contributed by atoms with Crippen molar-refractivity contribution in [2.24, 2.45) is 0 Å². The number of hydrogen-bond donors (Lipinski definition) is 1. The molecule has 0 bridgehead atoms. The van der Waals surface area contributed by atoms with Crippen molar-refractivity contribution in [1.29, 1.82) is 0 Å². The fourth-order valence-electron chi connectivity index (χ4n) is 2.55. The van der Waals surface area contributed by atoms with Crippen LogP contribution in [0.15, 0.2) is 24.3 Å². The van der Waals surface area contributed by atoms with E-state index in [0.717, 1.165) is 10.1 Å². The summed E-state index contributed by atoms with van der Waals surface area (Å²) in [6.45, 7) is 5.32. The summed E-state index contributed by atoms with van der Waals surface area (Å²) in [5.41, 5.74) is 2.18. The molecule has 0 aliphatic heterocycles. The van der Waals surface area contributed by atoms with Gasteiger partial charge in [0.15, 0.2) is 11.5 Å². The monoisotopic (exact) mass is 369 g/mol. The number of nitrogens with one attached hydrogen (secondary N) is 1. The molecule has 3 aromatic rings. The van der Waals surface area contributed by atoms with E-state index in [9.17, 15) is 13.2 Å². The standard InChI is InChI=1S/C16H15ClF3N5/c1-8-9(2)14-22-23-15(16(18,19)20)25(14)24-13(8)21-10(3)11-6-4-5-7-12(11)17/h4-7,10H,1-3H3,(H,21,24). The summed E-state index contributed by atoms with van der Waals surface area (Å²) >= 11 is 6.18. The third kappa shape index (κ3) is 3.13. The second-order valence-electron chi connectivity index (χ2n) is 5.74. The predicted octanol–water partition coefficient (Wildman–Crippen LogP) is 4.59. The maximum Gasteiger partial charge on any atom is 0.453 e. The van der Waals surface area contributed by atoms with Crippen LogP contribution in [0.1, 0.15) is 35.5 Å². The second-order valence-corrected chi connectivity index (χ2v) is 6.15. The van der Waals surface area contributed by atoms with Crippen LogP contribution in [0.4, 0.5) is 19.0 Å². The van der Waals surface area contributed by atoms with Gasteiger partial charge < -0.3 is 5.32 Å². The first-order chi connectivity index (χ1) is 11.7. The molecule has 0 amide bonds. The lowest BCUT2D eigenvalue weighted by Crippen LogP contribution is -2.16. The average Bonchev–Trinajstić information content (AvgIpc) is 2.96. The van der Waals surface area contributed by atoms with Gasteiger partial charge in [-0.05, 0) is 38.0 Å². The lowest BCUT2D eigenvalue weighted by molar-refractivity contribution is -0.146. The summed E-state index contributed by atoms with van der Waals surface area (Å²) in [6.07, 6.45) is -4.64. The zero-order chi connectivity index (χ0) is 18.4. The Bertz CT molecular complexity index is 935. The molecule has 0 aliphatic carbocycles. The summed E-state index contributed by atoms with van der Waals surface area (Å²) < 4.78 is 40.0. The van der Waals surface area contributed by atoms with Gasteiger partial charge in [0.25, 0.3) is 5.82 Å². The fourth-order valence-corrected chi connectivity index (χ4v) is 2.85. The predicted molar refractivity (Wildman–Crippen MR) is 88.7 cm³/mol. The van der Waals surface area contributed by atoms with E-state index in [1.807, 2.05) is 25.1 Å². The van der Waals surface area contributed by atoms with Crippen LogP contribution < -0.4 is 5.32 Å². The van der Waals surface area contributed by atoms with Gasteiger partial charge in [-0.2, -0.15) is 17.7 Å². The zero-order valence-corrected chi connectivity index (χ0v) is 14.4. The number of halogens is 4. The van der Waals surface area contributed by atoms with Crippen molar-refractivity contribution < 1.29 is 13.2 Å². The number of benzene rings is 1. The van der Waals surface area contributed by atoms with Crippen molar-refractivity contribution in [1.82, 2.24) is 19.8 Å². The molecule has 0 saturated heterocycles. The maximum absolute atomic E-state index is 13.1. The molecular weight excluding hydrogens is 355 g/mol. The summed E-state index contributed by atoms with van der Waals surface area (Å²) in [5.74, 6) is -0.832. The largest absolute Gasteiger partial charge is 0.453 e. The molecule has 0 saturated carbocycles. The molecule has 0 aliphatic rings. The highest BCUT2D eigenvalue weighted by Crippen LogP contribution is 2.31. The van der Waals surface area contributed by atoms with Crippen molar-refractivity contribution >= 4 is 23.1 Å². The van der Waals surface area contributed by atoms with Gasteiger partial charge in [-0.25, -0.2) is 0 Å². The Morgan fingerprint density at radius 3 is 2.44 bits per heavy atom. The molecule has 1 aromatic carbocycles. The molecule has 0 fully saturated rings. The molecule has 2 aromatic heterocycles. The van der Waals surface area contributed by atoms with Gasteiger partial charge in [-0.3, -0.25) is 0 Å². The first-order valence-corrected chi connectivity index (χ1v) is 7.88. The van der Waals surface area contributed by atoms with Crippen molar-refractivity contribution in [2.45, 2.75) is 33.0 Å². The second kappa shape index (κ2) is 6.18. The molecule has 9 heteroatoms. The van der Waals surface area contributed by atoms with Gasteiger partial charge in [-0.1, -0.05) is 29.8 Å². The number of rotatable bonds is 3. The van der Waals surface area contributed by atoms with Gasteiger partial charge in [-0.15, -0.1) is 15.3 Å². The van der Waals surface area contributed by atoms with Crippen LogP contribution in [0.5, 0.6) is 0 Å². The highest BCUT2D eigenvalue weighted by atomic mass is 35.5. The molecule has 1 unspecified atom stereocenters. The molecule has 1 N–H and O–H groups in total. The molecule has 2 heterocycles. The Morgan fingerprint density at radius 2 is 1.80 bits per heavy atom. The third-order valence-electron chi connectivity index (χ3n) is 4.07. The lowest BCUT2D eigenvalue weighted by Gasteiger charge is -2.19. The highest BCUT2D eigenvalue weighted by molar-refractivity contribution is 6.31. The van der Waals surface area contributed by atoms with Gasteiger partial charge in [0.1, 0.15) is 0 Å². The van der Waals surface area contributed by atoms with Crippen LogP contribution in [0.3, 0.4) is 0 Å². The molecule has 0 spiro atoms. The minimum atomic E-state index is -4.64. The first kappa shape index (κ1) is 17.5. The van der Waals surface area contributed by atoms with Crippen molar-refractivity contribution in [3.63, 3.8) is 0 Å². The van der Waals surface area contributed by atoms with Crippen molar-refractivity contribution in [3.05, 3.63) is 51.8 Å². The van der Waals surface area contributed by atoms with Crippen LogP contribution in [-0.4, -0.2) is 19.8 Å². The Kier molecular flexibility index (Phi) is 4.32. The van der Waals surface area contributed by atoms with Crippen LogP contribution in [0, 0.1) is 13.8 Å². The van der Waals surface area contributed by atoms with Gasteiger partial charge in [0.05, 0.1) is 6.04 Å². The van der Waals surface area contributed by atoms with E-state index in [4.69, 9.17) is 11.6 Å². The molecule has 5 nitrogen and oxygen atoms in total. The average molecular weight is 370 g/mol. The third-order valence-corrected chi connectivity index (χ3v) is 4.42. The topological polar surface area (TPSA) is 55.1 Å². The van der Waals surface area contributed by atoms with E-state index in [1.54, 1.807) is 19.9 Å². The Hall–Kier alpha value is -2.35. The summed E-state index contributed by atoms with van der Waals surface area (Å²) in [6, 6.07) is 7.01. The molecule has 3 rings (SSSR count). The molecule has 0 radical (unpaired) electrons. The van der Waals surface area contributed by atoms with Crippen LogP contribution in [-0.2, 0) is 6.18 Å². The number of aryl methyl sites for hydroxylation is 1. The van der Waals surface area contributed by atoms with Crippen LogP contribution >= 0.6 is 11.6 Å². The molecular formula is C16H15ClF3N5. The van der Waals surface area contributed by atoms with E-state index in [2.05, 4.69) is 20.6 Å². The van der Waals surface area contributed by atoms with E-state index < -0.39 is 12.0 Å². The van der Waals surface area contributed by atoms with Crippen molar-refractivity contribution in [3.8, 4) is 0 Å². The molecule has 25 heavy (non-hydrogen) atoms. The quantitative estimate of drug-likeness (QED) is 0.733. The smallest absolute Gasteiger partial charge is 0.362 e. The number of fused-ring (bicyclic) bond motifs is 1. The summed E-state index contributed by atoms with van der Waals surface area (Å²) in [4.78, 5) is 0. The Labute approximate surface area is 146 Å². The van der Waals surface area contributed by atoms with Gasteiger partial charge >= 0.3 is 6.18 Å². The van der Waals surface area contributed by atoms with E-state index in [-0.39, 0.29) is 11.7 Å². The van der Waals surface area contributed by atoms with Crippen molar-refractivity contribution in [2.75, 3.05) is 5.32 Å². The SMILES string of the molecule is Cc1c(NC(C)c2ccccc2Cl)nn2c(C(F)(F)F)nnc2c1C. The van der Waals surface area contributed by atoms with Crippen LogP contribution in [0.25, 0.3) is 5.65 Å². The fraction of sp³-hybridized carbons (Fsp3) is 0.312. The number of nitrogens with zero attached hydrogens (tertiary/aromatic N) is 4. The van der Waals surface area contributed by atoms with E-state index in [0.29, 0.717) is 22.0 Å². The number of hydrogen-bond acceptors (Lipinski definition) is 4. The maximum atomic E-state index is 13.1. The Morgan fingerprint density at radius 1 is 1.12 bits per heavy atom. The van der Waals surface area contributed by atoms with Gasteiger partial charge in [0, 0.05) is 10.6 Å². The Balaban J connectivity index is 2.07. The lowest BCUT2D eigenvalue weighted by atomic mass is 10.1. The van der Waals surface area contributed by atoms with Gasteiger partial charge in [0.2, 0.25) is 0 Å². The highest BCUT2D eigenvalue weighted by Gasteiger charge is 2.38. The molecule has 132 valence electrons. The first-order valence-electron chi connectivity index (χ1n) is 7.51. The van der Waals surface area contributed by atoms with E-state index >= 15 is 0 Å². The minimum Gasteiger partial charge on any atom is -0.362 e. The summed E-state index contributed by atoms with van der Waals surface area (Å²) in [5, 5.41) is 14.6. The van der Waals surface area contributed by atoms with E-state index in [1.165, 1.54) is 0 Å². The normalized spacial score (nSPS) is 13.2. The number of anilines is 1. The summed E-state index contributed by atoms with van der Waals surface area (Å²) in [7, 11) is 0. The zero-order valence-electron chi connectivity index (χ0n) is 13.7.